The maximum Gasteiger partial charge on any atom is 0.255 e. The molecule has 0 bridgehead atoms. The van der Waals surface area contributed by atoms with Gasteiger partial charge in [-0.2, -0.15) is 0 Å². The first-order chi connectivity index (χ1) is 5.16. The molecule has 11 heavy (non-hydrogen) atoms. The summed E-state index contributed by atoms with van der Waals surface area (Å²) in [5.74, 6) is -0.466. The number of hydrogen-bond donors (Lipinski definition) is 1. The van der Waals surface area contributed by atoms with E-state index in [-0.39, 0.29) is 0 Å². The second-order valence-corrected chi connectivity index (χ2v) is 1.95. The Hall–Kier alpha value is -0.930. The Morgan fingerprint density at radius 3 is 2.73 bits per heavy atom. The van der Waals surface area contributed by atoms with Crippen LogP contribution in [0.25, 0.3) is 0 Å². The second-order valence-electron chi connectivity index (χ2n) is 1.95. The minimum absolute atomic E-state index is 0.466. The molecular weight excluding hydrogens is 152 g/mol. The van der Waals surface area contributed by atoms with Crippen molar-refractivity contribution in [2.45, 2.75) is 19.8 Å². The van der Waals surface area contributed by atoms with E-state index in [1.54, 1.807) is 6.08 Å². The van der Waals surface area contributed by atoms with Crippen LogP contribution in [-0.2, 0) is 4.79 Å². The van der Waals surface area contributed by atoms with Gasteiger partial charge in [0.05, 0.1) is 6.54 Å². The third-order valence-electron chi connectivity index (χ3n) is 0.936. The molecule has 0 aliphatic heterocycles. The predicted molar refractivity (Wildman–Crippen MR) is 38.4 cm³/mol. The van der Waals surface area contributed by atoms with Crippen LogP contribution < -0.4 is 5.32 Å². The van der Waals surface area contributed by atoms with E-state index in [1.165, 1.54) is 6.08 Å². The summed E-state index contributed by atoms with van der Waals surface area (Å²) >= 11 is 0. The molecule has 0 fully saturated rings. The lowest BCUT2D eigenvalue weighted by Gasteiger charge is -1.98. The maximum atomic E-state index is 11.5. The van der Waals surface area contributed by atoms with Crippen molar-refractivity contribution in [3.8, 4) is 0 Å². The third-order valence-corrected chi connectivity index (χ3v) is 0.936. The number of alkyl halides is 2. The van der Waals surface area contributed by atoms with E-state index in [0.29, 0.717) is 0 Å². The van der Waals surface area contributed by atoms with Gasteiger partial charge in [0, 0.05) is 0 Å². The molecule has 0 saturated carbocycles. The number of amides is 1. The van der Waals surface area contributed by atoms with Crippen LogP contribution in [0.5, 0.6) is 0 Å². The van der Waals surface area contributed by atoms with E-state index in [1.807, 2.05) is 12.2 Å². The molecule has 0 aromatic carbocycles. The summed E-state index contributed by atoms with van der Waals surface area (Å²) in [6.45, 7) is 1.28. The largest absolute Gasteiger partial charge is 0.347 e. The fourth-order valence-electron chi connectivity index (χ4n) is 0.462. The van der Waals surface area contributed by atoms with E-state index in [4.69, 9.17) is 0 Å². The zero-order chi connectivity index (χ0) is 8.69. The lowest BCUT2D eigenvalue weighted by Crippen LogP contribution is -2.26. The normalized spacial score (nSPS) is 10.9. The van der Waals surface area contributed by atoms with Gasteiger partial charge < -0.3 is 5.32 Å². The first kappa shape index (κ1) is 10.1. The van der Waals surface area contributed by atoms with Crippen molar-refractivity contribution in [2.75, 3.05) is 6.54 Å². The molecule has 0 unspecified atom stereocenters. The van der Waals surface area contributed by atoms with Gasteiger partial charge in [0.25, 0.3) is 6.43 Å². The van der Waals surface area contributed by atoms with Crippen LogP contribution in [0.3, 0.4) is 0 Å². The van der Waals surface area contributed by atoms with Crippen LogP contribution in [0, 0.1) is 0 Å². The summed E-state index contributed by atoms with van der Waals surface area (Å²) in [5, 5.41) is 2.04. The Bertz CT molecular complexity index is 145. The van der Waals surface area contributed by atoms with Gasteiger partial charge in [-0.15, -0.1) is 0 Å². The van der Waals surface area contributed by atoms with Crippen LogP contribution in [0.15, 0.2) is 12.2 Å². The minimum Gasteiger partial charge on any atom is -0.347 e. The summed E-state index contributed by atoms with van der Waals surface area (Å²) in [4.78, 5) is 10.6. The molecule has 4 heteroatoms. The van der Waals surface area contributed by atoms with Crippen LogP contribution in [0.4, 0.5) is 8.78 Å². The molecule has 0 aromatic rings. The van der Waals surface area contributed by atoms with E-state index in [0.717, 1.165) is 6.42 Å². The summed E-state index contributed by atoms with van der Waals surface area (Å²) in [5.41, 5.74) is 0. The molecule has 2 nitrogen and oxygen atoms in total. The highest BCUT2D eigenvalue weighted by molar-refractivity contribution is 5.87. The Morgan fingerprint density at radius 1 is 1.64 bits per heavy atom. The molecule has 1 amide bonds. The van der Waals surface area contributed by atoms with Crippen molar-refractivity contribution in [1.82, 2.24) is 5.32 Å². The van der Waals surface area contributed by atoms with Crippen molar-refractivity contribution in [3.63, 3.8) is 0 Å². The maximum absolute atomic E-state index is 11.5. The fourth-order valence-corrected chi connectivity index (χ4v) is 0.462. The zero-order valence-corrected chi connectivity index (χ0v) is 6.31. The molecule has 1 N–H and O–H groups in total. The van der Waals surface area contributed by atoms with Crippen molar-refractivity contribution >= 4 is 5.91 Å². The molecule has 0 aromatic heterocycles. The smallest absolute Gasteiger partial charge is 0.255 e. The summed E-state index contributed by atoms with van der Waals surface area (Å²) in [6.07, 6.45) is 1.11. The summed E-state index contributed by atoms with van der Waals surface area (Å²) < 4.78 is 23.0. The lowest BCUT2D eigenvalue weighted by molar-refractivity contribution is -0.117. The number of carbonyl (C=O) groups excluding carboxylic acids is 1. The average molecular weight is 163 g/mol. The standard InChI is InChI=1S/C7H11F2NO/c1-2-3-4-7(11)10-5-6(8)9/h3-4,6H,2,5H2,1H3,(H,10,11)/b4-3+. The quantitative estimate of drug-likeness (QED) is 0.622. The van der Waals surface area contributed by atoms with Gasteiger partial charge in [-0.3, -0.25) is 4.79 Å². The molecular formula is C7H11F2NO. The molecule has 0 atom stereocenters. The number of nitrogens with one attached hydrogen (secondary N) is 1. The van der Waals surface area contributed by atoms with Crippen LogP contribution in [0.2, 0.25) is 0 Å². The first-order valence-electron chi connectivity index (χ1n) is 3.39. The van der Waals surface area contributed by atoms with E-state index >= 15 is 0 Å². The molecule has 0 rings (SSSR count). The predicted octanol–water partition coefficient (Wildman–Crippen LogP) is 1.33. The number of allylic oxidation sites excluding steroid dienone is 1. The Kier molecular flexibility index (Phi) is 5.33. The molecule has 0 radical (unpaired) electrons. The Morgan fingerprint density at radius 2 is 2.27 bits per heavy atom. The Labute approximate surface area is 64.3 Å². The van der Waals surface area contributed by atoms with Crippen molar-refractivity contribution in [2.24, 2.45) is 0 Å². The van der Waals surface area contributed by atoms with Gasteiger partial charge in [-0.25, -0.2) is 8.78 Å². The SMILES string of the molecule is CC/C=C/C(=O)NCC(F)F. The zero-order valence-electron chi connectivity index (χ0n) is 6.31. The monoisotopic (exact) mass is 163 g/mol. The van der Waals surface area contributed by atoms with Crippen LogP contribution in [-0.4, -0.2) is 18.9 Å². The minimum atomic E-state index is -2.48. The number of carbonyl (C=O) groups is 1. The first-order valence-corrected chi connectivity index (χ1v) is 3.39. The van der Waals surface area contributed by atoms with E-state index < -0.39 is 18.9 Å². The summed E-state index contributed by atoms with van der Waals surface area (Å²) in [6, 6.07) is 0. The lowest BCUT2D eigenvalue weighted by atomic mass is 10.4. The van der Waals surface area contributed by atoms with E-state index in [2.05, 4.69) is 0 Å². The van der Waals surface area contributed by atoms with Gasteiger partial charge >= 0.3 is 0 Å². The highest BCUT2D eigenvalue weighted by atomic mass is 19.3. The molecule has 0 aliphatic rings. The van der Waals surface area contributed by atoms with Gasteiger partial charge in [0.2, 0.25) is 5.91 Å². The summed E-state index contributed by atoms with van der Waals surface area (Å²) in [7, 11) is 0. The number of halogens is 2. The van der Waals surface area contributed by atoms with Gasteiger partial charge in [0.1, 0.15) is 0 Å². The van der Waals surface area contributed by atoms with Crippen molar-refractivity contribution < 1.29 is 13.6 Å². The average Bonchev–Trinajstić information content (AvgIpc) is 1.97. The topological polar surface area (TPSA) is 29.1 Å². The van der Waals surface area contributed by atoms with Crippen molar-refractivity contribution in [1.29, 1.82) is 0 Å². The third kappa shape index (κ3) is 6.96. The van der Waals surface area contributed by atoms with Crippen molar-refractivity contribution in [3.05, 3.63) is 12.2 Å². The molecule has 64 valence electrons. The number of hydrogen-bond acceptors (Lipinski definition) is 1. The number of rotatable bonds is 4. The highest BCUT2D eigenvalue weighted by Crippen LogP contribution is 1.87. The molecule has 0 spiro atoms. The Balaban J connectivity index is 3.45. The van der Waals surface area contributed by atoms with Gasteiger partial charge in [-0.05, 0) is 12.5 Å². The molecule has 0 saturated heterocycles. The molecule has 0 aliphatic carbocycles. The van der Waals surface area contributed by atoms with Crippen LogP contribution >= 0.6 is 0 Å². The highest BCUT2D eigenvalue weighted by Gasteiger charge is 2.02. The fraction of sp³-hybridized carbons (Fsp3) is 0.571. The van der Waals surface area contributed by atoms with Gasteiger partial charge in [-0.1, -0.05) is 13.0 Å². The van der Waals surface area contributed by atoms with Gasteiger partial charge in [0.15, 0.2) is 0 Å². The second kappa shape index (κ2) is 5.82. The molecule has 0 heterocycles. The van der Waals surface area contributed by atoms with E-state index in [9.17, 15) is 13.6 Å². The van der Waals surface area contributed by atoms with Crippen LogP contribution in [0.1, 0.15) is 13.3 Å².